The van der Waals surface area contributed by atoms with Gasteiger partial charge in [-0.25, -0.2) is 4.79 Å². The third kappa shape index (κ3) is 4.26. The van der Waals surface area contributed by atoms with Crippen LogP contribution in [0.5, 0.6) is 0 Å². The van der Waals surface area contributed by atoms with Gasteiger partial charge in [0.25, 0.3) is 0 Å². The van der Waals surface area contributed by atoms with Crippen molar-refractivity contribution in [3.05, 3.63) is 101 Å². The van der Waals surface area contributed by atoms with Gasteiger partial charge in [-0.05, 0) is 44.5 Å². The Labute approximate surface area is 181 Å². The zero-order valence-electron chi connectivity index (χ0n) is 17.9. The Bertz CT molecular complexity index is 1270. The molecule has 31 heavy (non-hydrogen) atoms. The molecular weight excluding hydrogens is 388 g/mol. The molecule has 0 fully saturated rings. The molecule has 0 aliphatic carbocycles. The van der Waals surface area contributed by atoms with E-state index in [4.69, 9.17) is 4.74 Å². The molecule has 0 unspecified atom stereocenters. The van der Waals surface area contributed by atoms with Gasteiger partial charge in [-0.3, -0.25) is 9.78 Å². The van der Waals surface area contributed by atoms with E-state index in [9.17, 15) is 9.59 Å². The normalized spacial score (nSPS) is 10.9. The second-order valence-corrected chi connectivity index (χ2v) is 7.68. The fourth-order valence-electron chi connectivity index (χ4n) is 3.86. The Balaban J connectivity index is 1.51. The summed E-state index contributed by atoms with van der Waals surface area (Å²) in [5, 5.41) is 0.714. The monoisotopic (exact) mass is 412 g/mol. The largest absolute Gasteiger partial charge is 0.454 e. The number of rotatable bonds is 6. The second-order valence-electron chi connectivity index (χ2n) is 7.68. The second kappa shape index (κ2) is 8.56. The first-order valence-electron chi connectivity index (χ1n) is 10.2. The van der Waals surface area contributed by atoms with Crippen LogP contribution in [0.15, 0.2) is 66.7 Å². The lowest BCUT2D eigenvalue weighted by Crippen LogP contribution is -2.16. The van der Waals surface area contributed by atoms with Gasteiger partial charge in [-0.15, -0.1) is 0 Å². The lowest BCUT2D eigenvalue weighted by atomic mass is 10.1. The summed E-state index contributed by atoms with van der Waals surface area (Å²) in [6.07, 6.45) is 0. The van der Waals surface area contributed by atoms with Gasteiger partial charge in [-0.1, -0.05) is 48.5 Å². The number of Topliss-reactive ketones (excluding diaryl/α,β-unsaturated/α-hetero) is 1. The van der Waals surface area contributed by atoms with E-state index in [2.05, 4.69) is 21.7 Å². The standard InChI is InChI=1S/C26H24N2O3/c1-17-13-23(21-11-7-8-12-24(21)27-17)26(30)31-16-25(29)22-14-18(2)28(19(22)3)15-20-9-5-4-6-10-20/h4-14H,15-16H2,1-3H3. The number of esters is 1. The van der Waals surface area contributed by atoms with Crippen molar-refractivity contribution < 1.29 is 14.3 Å². The van der Waals surface area contributed by atoms with Crippen molar-refractivity contribution in [2.75, 3.05) is 6.61 Å². The molecular formula is C26H24N2O3. The maximum atomic E-state index is 12.8. The molecule has 2 aromatic carbocycles. The minimum atomic E-state index is -0.520. The van der Waals surface area contributed by atoms with E-state index in [1.54, 1.807) is 6.07 Å². The van der Waals surface area contributed by atoms with E-state index in [1.807, 2.05) is 69.3 Å². The number of ketones is 1. The molecule has 5 nitrogen and oxygen atoms in total. The smallest absolute Gasteiger partial charge is 0.339 e. The molecule has 0 bridgehead atoms. The van der Waals surface area contributed by atoms with Crippen LogP contribution in [0.1, 0.15) is 43.4 Å². The SMILES string of the molecule is Cc1cc(C(=O)OCC(=O)c2cc(C)n(Cc3ccccc3)c2C)c2ccccc2n1. The molecule has 0 aliphatic heterocycles. The number of carbonyl (C=O) groups excluding carboxylic acids is 2. The topological polar surface area (TPSA) is 61.2 Å². The fourth-order valence-corrected chi connectivity index (χ4v) is 3.86. The summed E-state index contributed by atoms with van der Waals surface area (Å²) in [5.41, 5.74) is 5.48. The number of fused-ring (bicyclic) bond motifs is 1. The van der Waals surface area contributed by atoms with Crippen LogP contribution < -0.4 is 0 Å². The first-order valence-corrected chi connectivity index (χ1v) is 10.2. The number of aromatic nitrogens is 2. The average Bonchev–Trinajstić information content (AvgIpc) is 3.05. The van der Waals surface area contributed by atoms with E-state index in [1.165, 1.54) is 0 Å². The summed E-state index contributed by atoms with van der Waals surface area (Å²) in [5.74, 6) is -0.732. The summed E-state index contributed by atoms with van der Waals surface area (Å²) in [6.45, 7) is 6.11. The average molecular weight is 412 g/mol. The zero-order chi connectivity index (χ0) is 22.0. The molecule has 0 radical (unpaired) electrons. The van der Waals surface area contributed by atoms with E-state index in [-0.39, 0.29) is 12.4 Å². The Morgan fingerprint density at radius 1 is 0.903 bits per heavy atom. The van der Waals surface area contributed by atoms with Crippen molar-refractivity contribution >= 4 is 22.7 Å². The molecule has 2 aromatic heterocycles. The number of hydrogen-bond donors (Lipinski definition) is 0. The molecule has 0 aliphatic rings. The van der Waals surface area contributed by atoms with Gasteiger partial charge in [0, 0.05) is 34.6 Å². The van der Waals surface area contributed by atoms with Crippen LogP contribution in [0, 0.1) is 20.8 Å². The number of carbonyl (C=O) groups is 2. The first kappa shape index (κ1) is 20.5. The van der Waals surface area contributed by atoms with E-state index in [0.717, 1.165) is 28.2 Å². The van der Waals surface area contributed by atoms with Gasteiger partial charge < -0.3 is 9.30 Å². The number of benzene rings is 2. The fraction of sp³-hybridized carbons (Fsp3) is 0.192. The summed E-state index contributed by atoms with van der Waals surface area (Å²) >= 11 is 0. The van der Waals surface area contributed by atoms with Crippen molar-refractivity contribution in [3.8, 4) is 0 Å². The van der Waals surface area contributed by atoms with E-state index >= 15 is 0 Å². The Morgan fingerprint density at radius 3 is 2.39 bits per heavy atom. The highest BCUT2D eigenvalue weighted by Crippen LogP contribution is 2.21. The minimum Gasteiger partial charge on any atom is -0.454 e. The maximum absolute atomic E-state index is 12.8. The first-order chi connectivity index (χ1) is 14.9. The summed E-state index contributed by atoms with van der Waals surface area (Å²) in [7, 11) is 0. The Morgan fingerprint density at radius 2 is 1.61 bits per heavy atom. The van der Waals surface area contributed by atoms with Crippen molar-refractivity contribution in [3.63, 3.8) is 0 Å². The number of aryl methyl sites for hydroxylation is 2. The van der Waals surface area contributed by atoms with Gasteiger partial charge in [0.15, 0.2) is 6.61 Å². The van der Waals surface area contributed by atoms with Gasteiger partial charge in [-0.2, -0.15) is 0 Å². The quantitative estimate of drug-likeness (QED) is 0.328. The van der Waals surface area contributed by atoms with Crippen molar-refractivity contribution in [1.82, 2.24) is 9.55 Å². The van der Waals surface area contributed by atoms with Gasteiger partial charge in [0.05, 0.1) is 11.1 Å². The van der Waals surface area contributed by atoms with E-state index < -0.39 is 5.97 Å². The molecule has 0 atom stereocenters. The van der Waals surface area contributed by atoms with Crippen LogP contribution in [-0.2, 0) is 11.3 Å². The predicted molar refractivity (Wildman–Crippen MR) is 121 cm³/mol. The predicted octanol–water partition coefficient (Wildman–Crippen LogP) is 5.05. The van der Waals surface area contributed by atoms with Crippen LogP contribution in [0.25, 0.3) is 10.9 Å². The molecule has 0 amide bonds. The summed E-state index contributed by atoms with van der Waals surface area (Å²) < 4.78 is 7.51. The highest BCUT2D eigenvalue weighted by molar-refractivity contribution is 6.05. The molecule has 5 heteroatoms. The van der Waals surface area contributed by atoms with Gasteiger partial charge in [0.2, 0.25) is 5.78 Å². The molecule has 0 spiro atoms. The lowest BCUT2D eigenvalue weighted by molar-refractivity contribution is 0.0476. The maximum Gasteiger partial charge on any atom is 0.339 e. The van der Waals surface area contributed by atoms with Crippen LogP contribution in [0.4, 0.5) is 0 Å². The lowest BCUT2D eigenvalue weighted by Gasteiger charge is -2.10. The molecule has 0 N–H and O–H groups in total. The number of ether oxygens (including phenoxy) is 1. The van der Waals surface area contributed by atoms with Crippen molar-refractivity contribution in [1.29, 1.82) is 0 Å². The number of hydrogen-bond acceptors (Lipinski definition) is 4. The van der Waals surface area contributed by atoms with Crippen LogP contribution in [-0.4, -0.2) is 27.9 Å². The summed E-state index contributed by atoms with van der Waals surface area (Å²) in [6, 6.07) is 21.1. The van der Waals surface area contributed by atoms with Crippen molar-refractivity contribution in [2.45, 2.75) is 27.3 Å². The Kier molecular flexibility index (Phi) is 5.67. The molecule has 0 saturated carbocycles. The number of para-hydroxylation sites is 1. The number of nitrogens with zero attached hydrogens (tertiary/aromatic N) is 2. The van der Waals surface area contributed by atoms with E-state index in [0.29, 0.717) is 23.1 Å². The van der Waals surface area contributed by atoms with Gasteiger partial charge in [0.1, 0.15) is 0 Å². The molecule has 4 aromatic rings. The van der Waals surface area contributed by atoms with Crippen LogP contribution in [0.3, 0.4) is 0 Å². The highest BCUT2D eigenvalue weighted by Gasteiger charge is 2.19. The molecule has 4 rings (SSSR count). The molecule has 0 saturated heterocycles. The van der Waals surface area contributed by atoms with Crippen LogP contribution in [0.2, 0.25) is 0 Å². The minimum absolute atomic E-state index is 0.212. The third-order valence-corrected chi connectivity index (χ3v) is 5.46. The number of pyridine rings is 1. The van der Waals surface area contributed by atoms with Crippen LogP contribution >= 0.6 is 0 Å². The van der Waals surface area contributed by atoms with Gasteiger partial charge >= 0.3 is 5.97 Å². The van der Waals surface area contributed by atoms with Crippen molar-refractivity contribution in [2.24, 2.45) is 0 Å². The zero-order valence-corrected chi connectivity index (χ0v) is 17.9. The third-order valence-electron chi connectivity index (χ3n) is 5.46. The Hall–Kier alpha value is -3.73. The summed E-state index contributed by atoms with van der Waals surface area (Å²) in [4.78, 5) is 30.0. The molecule has 2 heterocycles. The molecule has 156 valence electrons. The highest BCUT2D eigenvalue weighted by atomic mass is 16.5.